The van der Waals surface area contributed by atoms with Crippen LogP contribution in [0.5, 0.6) is 5.75 Å². The average Bonchev–Trinajstić information content (AvgIpc) is 2.79. The first-order valence-corrected chi connectivity index (χ1v) is 11.3. The van der Waals surface area contributed by atoms with E-state index in [1.54, 1.807) is 12.1 Å². The molecule has 1 amide bonds. The summed E-state index contributed by atoms with van der Waals surface area (Å²) in [6, 6.07) is 10.4. The monoisotopic (exact) mass is 459 g/mol. The molecule has 1 fully saturated rings. The molecule has 8 heteroatoms. The summed E-state index contributed by atoms with van der Waals surface area (Å²) in [7, 11) is 0. The molecule has 0 aliphatic carbocycles. The summed E-state index contributed by atoms with van der Waals surface area (Å²) in [6.45, 7) is 4.86. The lowest BCUT2D eigenvalue weighted by atomic mass is 9.99. The molecule has 2 aromatic carbocycles. The van der Waals surface area contributed by atoms with Crippen LogP contribution in [0.4, 0.5) is 0 Å². The van der Waals surface area contributed by atoms with E-state index in [-0.39, 0.29) is 11.5 Å². The van der Waals surface area contributed by atoms with Crippen LogP contribution in [-0.2, 0) is 20.9 Å². The van der Waals surface area contributed by atoms with Crippen molar-refractivity contribution in [2.45, 2.75) is 41.5 Å². The molecular formula is C23H22ClNO5S. The molecule has 2 heterocycles. The minimum atomic E-state index is -0.979. The molecule has 1 N–H and O–H groups in total. The van der Waals surface area contributed by atoms with E-state index in [4.69, 9.17) is 21.4 Å². The third-order valence-electron chi connectivity index (χ3n) is 5.45. The molecule has 4 rings (SSSR count). The number of carboxylic acids is 1. The zero-order chi connectivity index (χ0) is 22.0. The van der Waals surface area contributed by atoms with E-state index in [1.165, 1.54) is 16.7 Å². The van der Waals surface area contributed by atoms with Gasteiger partial charge in [0.1, 0.15) is 6.04 Å². The first-order valence-electron chi connectivity index (χ1n) is 10.1. The Hall–Kier alpha value is -2.48. The summed E-state index contributed by atoms with van der Waals surface area (Å²) in [5.74, 6) is -0.614. The van der Waals surface area contributed by atoms with Gasteiger partial charge in [-0.05, 0) is 55.2 Å². The maximum Gasteiger partial charge on any atom is 0.326 e. The van der Waals surface area contributed by atoms with E-state index in [0.717, 1.165) is 40.4 Å². The van der Waals surface area contributed by atoms with Crippen molar-refractivity contribution in [1.29, 1.82) is 0 Å². The summed E-state index contributed by atoms with van der Waals surface area (Å²) in [5.41, 5.74) is 1.92. The molecule has 0 aromatic heterocycles. The molecule has 6 nitrogen and oxygen atoms in total. The van der Waals surface area contributed by atoms with Crippen LogP contribution in [-0.4, -0.2) is 41.1 Å². The molecule has 31 heavy (non-hydrogen) atoms. The standard InChI is InChI=1S/C23H22ClNO5S/c1-14(22(26)25-10-3-2-4-19(25)23(27)28)15-5-8-21(18(24)13-15)31-17-6-7-20-16(12-17)9-11-29-30-20/h5-8,12-13,19H,1-4,9-11H2,(H,27,28). The fourth-order valence-corrected chi connectivity index (χ4v) is 4.96. The molecule has 1 saturated heterocycles. The van der Waals surface area contributed by atoms with Gasteiger partial charge in [0.15, 0.2) is 5.75 Å². The van der Waals surface area contributed by atoms with Gasteiger partial charge in [-0.25, -0.2) is 4.79 Å². The van der Waals surface area contributed by atoms with Gasteiger partial charge in [0.2, 0.25) is 0 Å². The Kier molecular flexibility index (Phi) is 6.55. The zero-order valence-corrected chi connectivity index (χ0v) is 18.4. The number of hydrogen-bond acceptors (Lipinski definition) is 5. The topological polar surface area (TPSA) is 76.1 Å². The Morgan fingerprint density at radius 2 is 2.03 bits per heavy atom. The number of carboxylic acid groups (broad SMARTS) is 1. The predicted molar refractivity (Wildman–Crippen MR) is 118 cm³/mol. The Bertz CT molecular complexity index is 1040. The van der Waals surface area contributed by atoms with Crippen LogP contribution in [0, 0.1) is 0 Å². The summed E-state index contributed by atoms with van der Waals surface area (Å²) in [4.78, 5) is 37.9. The second-order valence-corrected chi connectivity index (χ2v) is 9.02. The second-order valence-electron chi connectivity index (χ2n) is 7.50. The van der Waals surface area contributed by atoms with Gasteiger partial charge < -0.3 is 14.9 Å². The van der Waals surface area contributed by atoms with Crippen molar-refractivity contribution in [2.75, 3.05) is 13.2 Å². The number of carbonyl (C=O) groups excluding carboxylic acids is 1. The minimum absolute atomic E-state index is 0.248. The van der Waals surface area contributed by atoms with Crippen LogP contribution in [0.1, 0.15) is 30.4 Å². The van der Waals surface area contributed by atoms with Crippen LogP contribution in [0.15, 0.2) is 52.8 Å². The number of nitrogens with zero attached hydrogens (tertiary/aromatic N) is 1. The van der Waals surface area contributed by atoms with Crippen molar-refractivity contribution in [3.05, 3.63) is 59.1 Å². The maximum absolute atomic E-state index is 12.9. The van der Waals surface area contributed by atoms with E-state index in [0.29, 0.717) is 30.2 Å². The highest BCUT2D eigenvalue weighted by atomic mass is 35.5. The van der Waals surface area contributed by atoms with Crippen molar-refractivity contribution in [2.24, 2.45) is 0 Å². The van der Waals surface area contributed by atoms with Crippen LogP contribution in [0.3, 0.4) is 0 Å². The van der Waals surface area contributed by atoms with Gasteiger partial charge in [0.25, 0.3) is 5.91 Å². The van der Waals surface area contributed by atoms with Crippen molar-refractivity contribution < 1.29 is 24.5 Å². The van der Waals surface area contributed by atoms with Gasteiger partial charge >= 0.3 is 5.97 Å². The van der Waals surface area contributed by atoms with Crippen LogP contribution in [0.25, 0.3) is 5.57 Å². The highest BCUT2D eigenvalue weighted by molar-refractivity contribution is 7.99. The molecule has 0 radical (unpaired) electrons. The number of hydrogen-bond donors (Lipinski definition) is 1. The molecular weight excluding hydrogens is 438 g/mol. The van der Waals surface area contributed by atoms with Crippen LogP contribution < -0.4 is 4.89 Å². The third-order valence-corrected chi connectivity index (χ3v) is 6.94. The van der Waals surface area contributed by atoms with E-state index < -0.39 is 12.0 Å². The van der Waals surface area contributed by atoms with Gasteiger partial charge in [0.05, 0.1) is 11.6 Å². The lowest BCUT2D eigenvalue weighted by Crippen LogP contribution is -2.48. The number of carbonyl (C=O) groups is 2. The summed E-state index contributed by atoms with van der Waals surface area (Å²) in [6.07, 6.45) is 2.83. The quantitative estimate of drug-likeness (QED) is 0.509. The highest BCUT2D eigenvalue weighted by Crippen LogP contribution is 2.37. The zero-order valence-electron chi connectivity index (χ0n) is 16.8. The third kappa shape index (κ3) is 4.74. The average molecular weight is 460 g/mol. The van der Waals surface area contributed by atoms with Crippen LogP contribution >= 0.6 is 23.4 Å². The van der Waals surface area contributed by atoms with Gasteiger partial charge in [-0.1, -0.05) is 36.0 Å². The molecule has 2 aliphatic rings. The SMILES string of the molecule is C=C(C(=O)N1CCCCC1C(=O)O)c1ccc(Sc2ccc3c(c2)CCOO3)c(Cl)c1. The first kappa shape index (κ1) is 21.7. The fraction of sp³-hybridized carbons (Fsp3) is 0.304. The Morgan fingerprint density at radius 1 is 1.19 bits per heavy atom. The van der Waals surface area contributed by atoms with Crippen molar-refractivity contribution >= 4 is 40.8 Å². The first-order chi connectivity index (χ1) is 14.9. The van der Waals surface area contributed by atoms with Crippen molar-refractivity contribution in [1.82, 2.24) is 4.90 Å². The van der Waals surface area contributed by atoms with Gasteiger partial charge in [-0.3, -0.25) is 4.79 Å². The number of benzene rings is 2. The Labute approximate surface area is 189 Å². The molecule has 1 unspecified atom stereocenters. The molecule has 0 saturated carbocycles. The minimum Gasteiger partial charge on any atom is -0.480 e. The lowest BCUT2D eigenvalue weighted by Gasteiger charge is -2.33. The van der Waals surface area contributed by atoms with Gasteiger partial charge in [-0.15, -0.1) is 0 Å². The van der Waals surface area contributed by atoms with E-state index in [1.807, 2.05) is 18.2 Å². The van der Waals surface area contributed by atoms with Crippen molar-refractivity contribution in [3.8, 4) is 5.75 Å². The highest BCUT2D eigenvalue weighted by Gasteiger charge is 2.33. The number of amides is 1. The van der Waals surface area contributed by atoms with Crippen molar-refractivity contribution in [3.63, 3.8) is 0 Å². The molecule has 0 bridgehead atoms. The summed E-state index contributed by atoms with van der Waals surface area (Å²) >= 11 is 8.03. The molecule has 2 aromatic rings. The molecule has 1 atom stereocenters. The fourth-order valence-electron chi connectivity index (χ4n) is 3.78. The van der Waals surface area contributed by atoms with Gasteiger partial charge in [-0.2, -0.15) is 4.89 Å². The molecule has 162 valence electrons. The number of aliphatic carboxylic acids is 1. The predicted octanol–water partition coefficient (Wildman–Crippen LogP) is 4.84. The smallest absolute Gasteiger partial charge is 0.326 e. The molecule has 2 aliphatic heterocycles. The Morgan fingerprint density at radius 3 is 2.81 bits per heavy atom. The Balaban J connectivity index is 1.50. The number of halogens is 1. The largest absolute Gasteiger partial charge is 0.480 e. The normalized spacial score (nSPS) is 18.1. The summed E-state index contributed by atoms with van der Waals surface area (Å²) in [5, 5.41) is 9.94. The maximum atomic E-state index is 12.9. The summed E-state index contributed by atoms with van der Waals surface area (Å²) < 4.78 is 0. The number of piperidine rings is 1. The lowest BCUT2D eigenvalue weighted by molar-refractivity contribution is -0.215. The van der Waals surface area contributed by atoms with Crippen LogP contribution in [0.2, 0.25) is 5.02 Å². The molecule has 0 spiro atoms. The van der Waals surface area contributed by atoms with E-state index in [9.17, 15) is 14.7 Å². The number of fused-ring (bicyclic) bond motifs is 1. The van der Waals surface area contributed by atoms with Gasteiger partial charge in [0, 0.05) is 33.9 Å². The number of likely N-dealkylation sites (tertiary alicyclic amines) is 1. The van der Waals surface area contributed by atoms with E-state index >= 15 is 0 Å². The second kappa shape index (κ2) is 9.34. The van der Waals surface area contributed by atoms with E-state index in [2.05, 4.69) is 12.6 Å². The number of rotatable bonds is 5.